The van der Waals surface area contributed by atoms with Gasteiger partial charge in [-0.15, -0.1) is 0 Å². The first-order valence-corrected chi connectivity index (χ1v) is 5.98. The van der Waals surface area contributed by atoms with Crippen molar-refractivity contribution in [2.75, 3.05) is 0 Å². The van der Waals surface area contributed by atoms with Crippen LogP contribution in [0.3, 0.4) is 0 Å². The van der Waals surface area contributed by atoms with Crippen LogP contribution in [0, 0.1) is 0 Å². The number of hydrogen-bond acceptors (Lipinski definition) is 2. The van der Waals surface area contributed by atoms with Crippen LogP contribution < -0.4 is 5.48 Å². The van der Waals surface area contributed by atoms with Crippen molar-refractivity contribution < 1.29 is 4.84 Å². The van der Waals surface area contributed by atoms with Gasteiger partial charge in [-0.25, -0.2) is 0 Å². The fourth-order valence-corrected chi connectivity index (χ4v) is 1.67. The van der Waals surface area contributed by atoms with E-state index in [1.807, 2.05) is 48.5 Å². The van der Waals surface area contributed by atoms with Crippen LogP contribution in [0.25, 0.3) is 6.08 Å². The Kier molecular flexibility index (Phi) is 4.70. The molecule has 2 nitrogen and oxygen atoms in total. The van der Waals surface area contributed by atoms with Gasteiger partial charge in [-0.3, -0.25) is 4.84 Å². The predicted octanol–water partition coefficient (Wildman–Crippen LogP) is 3.55. The minimum atomic E-state index is 0.571. The summed E-state index contributed by atoms with van der Waals surface area (Å²) in [4.78, 5) is 5.42. The van der Waals surface area contributed by atoms with E-state index in [1.165, 1.54) is 5.56 Å². The summed E-state index contributed by atoms with van der Waals surface area (Å²) in [5.74, 6) is 0. The zero-order valence-electron chi connectivity index (χ0n) is 10.3. The molecule has 18 heavy (non-hydrogen) atoms. The highest BCUT2D eigenvalue weighted by Gasteiger charge is 1.95. The van der Waals surface area contributed by atoms with Crippen molar-refractivity contribution in [2.45, 2.75) is 13.2 Å². The molecule has 92 valence electrons. The van der Waals surface area contributed by atoms with E-state index in [4.69, 9.17) is 4.84 Å². The molecule has 0 unspecified atom stereocenters. The monoisotopic (exact) mass is 239 g/mol. The Hall–Kier alpha value is -1.90. The zero-order chi connectivity index (χ0) is 12.6. The van der Waals surface area contributed by atoms with Gasteiger partial charge in [0.05, 0.1) is 6.61 Å². The van der Waals surface area contributed by atoms with Gasteiger partial charge in [-0.1, -0.05) is 67.3 Å². The summed E-state index contributed by atoms with van der Waals surface area (Å²) >= 11 is 0. The molecule has 0 saturated carbocycles. The highest BCUT2D eigenvalue weighted by atomic mass is 16.6. The Balaban J connectivity index is 1.76. The molecule has 0 aliphatic rings. The van der Waals surface area contributed by atoms with Crippen LogP contribution in [0.15, 0.2) is 61.2 Å². The summed E-state index contributed by atoms with van der Waals surface area (Å²) in [6, 6.07) is 18.3. The molecule has 0 fully saturated rings. The molecule has 2 aromatic rings. The minimum absolute atomic E-state index is 0.571. The predicted molar refractivity (Wildman–Crippen MR) is 74.6 cm³/mol. The van der Waals surface area contributed by atoms with E-state index in [0.717, 1.165) is 11.1 Å². The molecular weight excluding hydrogens is 222 g/mol. The van der Waals surface area contributed by atoms with Crippen molar-refractivity contribution in [3.63, 3.8) is 0 Å². The highest BCUT2D eigenvalue weighted by molar-refractivity contribution is 5.47. The lowest BCUT2D eigenvalue weighted by Crippen LogP contribution is -2.13. The fourth-order valence-electron chi connectivity index (χ4n) is 1.67. The van der Waals surface area contributed by atoms with Gasteiger partial charge < -0.3 is 0 Å². The van der Waals surface area contributed by atoms with Gasteiger partial charge in [0, 0.05) is 6.54 Å². The summed E-state index contributed by atoms with van der Waals surface area (Å²) in [6.45, 7) is 5.02. The summed E-state index contributed by atoms with van der Waals surface area (Å²) < 4.78 is 0. The summed E-state index contributed by atoms with van der Waals surface area (Å²) in [6.07, 6.45) is 1.84. The molecule has 0 amide bonds. The Morgan fingerprint density at radius 1 is 1.00 bits per heavy atom. The molecule has 0 aliphatic heterocycles. The fraction of sp³-hybridized carbons (Fsp3) is 0.125. The Labute approximate surface area is 108 Å². The van der Waals surface area contributed by atoms with Crippen LogP contribution >= 0.6 is 0 Å². The quantitative estimate of drug-likeness (QED) is 0.615. The van der Waals surface area contributed by atoms with E-state index < -0.39 is 0 Å². The van der Waals surface area contributed by atoms with Gasteiger partial charge >= 0.3 is 0 Å². The molecule has 0 heterocycles. The lowest BCUT2D eigenvalue weighted by Gasteiger charge is -2.06. The van der Waals surface area contributed by atoms with Gasteiger partial charge in [0.2, 0.25) is 0 Å². The molecular formula is C16H17NO. The summed E-state index contributed by atoms with van der Waals surface area (Å²) in [5, 5.41) is 0. The van der Waals surface area contributed by atoms with Crippen molar-refractivity contribution in [1.82, 2.24) is 5.48 Å². The molecule has 0 saturated heterocycles. The maximum absolute atomic E-state index is 5.42. The van der Waals surface area contributed by atoms with Crippen molar-refractivity contribution >= 4 is 6.08 Å². The molecule has 0 spiro atoms. The summed E-state index contributed by atoms with van der Waals surface area (Å²) in [5.41, 5.74) is 6.43. The van der Waals surface area contributed by atoms with Crippen molar-refractivity contribution in [1.29, 1.82) is 0 Å². The first-order chi connectivity index (χ1) is 8.88. The minimum Gasteiger partial charge on any atom is -0.297 e. The van der Waals surface area contributed by atoms with E-state index >= 15 is 0 Å². The summed E-state index contributed by atoms with van der Waals surface area (Å²) in [7, 11) is 0. The van der Waals surface area contributed by atoms with Gasteiger partial charge in [-0.2, -0.15) is 5.48 Å². The Morgan fingerprint density at radius 3 is 2.56 bits per heavy atom. The molecule has 1 N–H and O–H groups in total. The van der Waals surface area contributed by atoms with Crippen molar-refractivity contribution in [3.05, 3.63) is 77.9 Å². The molecule has 0 aromatic heterocycles. The third kappa shape index (κ3) is 3.84. The number of benzene rings is 2. The lowest BCUT2D eigenvalue weighted by atomic mass is 10.1. The number of nitrogens with one attached hydrogen (secondary N) is 1. The average Bonchev–Trinajstić information content (AvgIpc) is 2.45. The van der Waals surface area contributed by atoms with Gasteiger partial charge in [0.25, 0.3) is 0 Å². The first-order valence-electron chi connectivity index (χ1n) is 5.98. The maximum atomic E-state index is 5.42. The van der Waals surface area contributed by atoms with E-state index in [0.29, 0.717) is 13.2 Å². The molecule has 2 rings (SSSR count). The second-order valence-corrected chi connectivity index (χ2v) is 4.04. The largest absolute Gasteiger partial charge is 0.297 e. The van der Waals surface area contributed by atoms with Crippen LogP contribution in [0.2, 0.25) is 0 Å². The Bertz CT molecular complexity index is 493. The van der Waals surface area contributed by atoms with Crippen molar-refractivity contribution in [2.24, 2.45) is 0 Å². The van der Waals surface area contributed by atoms with Crippen LogP contribution in [0.1, 0.15) is 16.7 Å². The van der Waals surface area contributed by atoms with Crippen LogP contribution in [-0.4, -0.2) is 0 Å². The normalized spacial score (nSPS) is 10.2. The third-order valence-corrected chi connectivity index (χ3v) is 2.65. The van der Waals surface area contributed by atoms with E-state index in [9.17, 15) is 0 Å². The highest BCUT2D eigenvalue weighted by Crippen LogP contribution is 2.06. The maximum Gasteiger partial charge on any atom is 0.0933 e. The standard InChI is InChI=1S/C16H17NO/c1-2-14-9-6-10-16(11-14)12-17-18-13-15-7-4-3-5-8-15/h2-11,17H,1,12-13H2. The van der Waals surface area contributed by atoms with Crippen LogP contribution in [0.4, 0.5) is 0 Å². The van der Waals surface area contributed by atoms with Crippen LogP contribution in [-0.2, 0) is 18.0 Å². The molecule has 0 atom stereocenters. The first kappa shape index (κ1) is 12.6. The van der Waals surface area contributed by atoms with Gasteiger partial charge in [-0.05, 0) is 16.7 Å². The smallest absolute Gasteiger partial charge is 0.0933 e. The molecule has 0 radical (unpaired) electrons. The van der Waals surface area contributed by atoms with Gasteiger partial charge in [0.15, 0.2) is 0 Å². The van der Waals surface area contributed by atoms with E-state index in [1.54, 1.807) is 0 Å². The topological polar surface area (TPSA) is 21.3 Å². The number of hydrogen-bond donors (Lipinski definition) is 1. The number of rotatable bonds is 6. The number of hydroxylamine groups is 1. The zero-order valence-corrected chi connectivity index (χ0v) is 10.3. The lowest BCUT2D eigenvalue weighted by molar-refractivity contribution is 0.0235. The third-order valence-electron chi connectivity index (χ3n) is 2.65. The van der Waals surface area contributed by atoms with E-state index in [-0.39, 0.29) is 0 Å². The Morgan fingerprint density at radius 2 is 1.78 bits per heavy atom. The molecule has 2 heteroatoms. The average molecular weight is 239 g/mol. The SMILES string of the molecule is C=Cc1cccc(CNOCc2ccccc2)c1. The molecule has 0 aliphatic carbocycles. The second kappa shape index (κ2) is 6.74. The van der Waals surface area contributed by atoms with E-state index in [2.05, 4.69) is 24.2 Å². The molecule has 2 aromatic carbocycles. The second-order valence-electron chi connectivity index (χ2n) is 4.04. The van der Waals surface area contributed by atoms with Crippen molar-refractivity contribution in [3.8, 4) is 0 Å². The van der Waals surface area contributed by atoms with Crippen LogP contribution in [0.5, 0.6) is 0 Å². The molecule has 0 bridgehead atoms. The van der Waals surface area contributed by atoms with Gasteiger partial charge in [0.1, 0.15) is 0 Å².